The molecule has 0 aliphatic heterocycles. The fourth-order valence-corrected chi connectivity index (χ4v) is 3.65. The first-order chi connectivity index (χ1) is 12.4. The number of aliphatic imine (C=N–C) groups is 1. The lowest BCUT2D eigenvalue weighted by Gasteiger charge is -2.16. The molecule has 1 aromatic carbocycles. The van der Waals surface area contributed by atoms with E-state index in [2.05, 4.69) is 10.3 Å². The van der Waals surface area contributed by atoms with E-state index in [0.717, 1.165) is 11.3 Å². The molecule has 2 aromatic rings. The zero-order valence-electron chi connectivity index (χ0n) is 13.8. The van der Waals surface area contributed by atoms with Gasteiger partial charge in [0.25, 0.3) is 5.91 Å². The van der Waals surface area contributed by atoms with Crippen molar-refractivity contribution in [3.63, 3.8) is 0 Å². The number of hydrogen-bond donors (Lipinski definition) is 3. The van der Waals surface area contributed by atoms with Crippen LogP contribution in [-0.4, -0.2) is 25.2 Å². The molecule has 0 spiro atoms. The third-order valence-corrected chi connectivity index (χ3v) is 5.24. The van der Waals surface area contributed by atoms with Crippen molar-refractivity contribution in [3.05, 3.63) is 67.7 Å². The zero-order valence-corrected chi connectivity index (χ0v) is 16.1. The number of nitrogens with two attached hydrogens (primary N) is 2. The Morgan fingerprint density at radius 3 is 2.62 bits per heavy atom. The highest BCUT2D eigenvalue weighted by Crippen LogP contribution is 2.31. The topological polar surface area (TPSA) is 93.5 Å². The molecule has 138 valence electrons. The summed E-state index contributed by atoms with van der Waals surface area (Å²) in [4.78, 5) is 17.0. The third kappa shape index (κ3) is 4.62. The van der Waals surface area contributed by atoms with Crippen LogP contribution in [0.15, 0.2) is 46.6 Å². The second-order valence-corrected chi connectivity index (χ2v) is 7.26. The molecule has 2 rings (SSSR count). The second kappa shape index (κ2) is 9.14. The molecule has 0 fully saturated rings. The molecule has 0 aliphatic rings. The molecule has 1 heterocycles. The van der Waals surface area contributed by atoms with Crippen LogP contribution in [0.3, 0.4) is 0 Å². The summed E-state index contributed by atoms with van der Waals surface area (Å²) in [5, 5.41) is 3.04. The average Bonchev–Trinajstić information content (AvgIpc) is 3.02. The number of carbonyl (C=O) groups is 1. The number of nitrogens with one attached hydrogen (secondary N) is 1. The summed E-state index contributed by atoms with van der Waals surface area (Å²) in [6, 6.07) is 6.92. The van der Waals surface area contributed by atoms with Gasteiger partial charge in [0.05, 0.1) is 21.7 Å². The highest BCUT2D eigenvalue weighted by Gasteiger charge is 2.21. The molecule has 5 N–H and O–H groups in total. The number of halogens is 3. The minimum absolute atomic E-state index is 0.159. The van der Waals surface area contributed by atoms with Gasteiger partial charge < -0.3 is 16.8 Å². The summed E-state index contributed by atoms with van der Waals surface area (Å²) in [5.74, 6) is -0.715. The molecule has 0 radical (unpaired) electrons. The van der Waals surface area contributed by atoms with Crippen LogP contribution in [0.1, 0.15) is 26.8 Å². The van der Waals surface area contributed by atoms with Crippen molar-refractivity contribution < 1.29 is 9.18 Å². The normalized spacial score (nSPS) is 13.6. The highest BCUT2D eigenvalue weighted by atomic mass is 35.5. The molecule has 26 heavy (non-hydrogen) atoms. The van der Waals surface area contributed by atoms with Gasteiger partial charge in [-0.2, -0.15) is 0 Å². The zero-order chi connectivity index (χ0) is 19.3. The second-order valence-electron chi connectivity index (χ2n) is 5.20. The van der Waals surface area contributed by atoms with Crippen molar-refractivity contribution in [3.8, 4) is 0 Å². The van der Waals surface area contributed by atoms with Gasteiger partial charge in [-0.3, -0.25) is 9.79 Å². The van der Waals surface area contributed by atoms with Gasteiger partial charge in [-0.25, -0.2) is 4.39 Å². The Labute approximate surface area is 164 Å². The summed E-state index contributed by atoms with van der Waals surface area (Å²) >= 11 is 13.4. The number of carbonyl (C=O) groups excluding carboxylic acids is 1. The molecule has 1 aromatic heterocycles. The van der Waals surface area contributed by atoms with Gasteiger partial charge in [0.15, 0.2) is 0 Å². The van der Waals surface area contributed by atoms with Crippen molar-refractivity contribution >= 4 is 46.2 Å². The molecule has 1 atom stereocenters. The van der Waals surface area contributed by atoms with E-state index in [1.165, 1.54) is 18.3 Å². The Morgan fingerprint density at radius 2 is 2.08 bits per heavy atom. The molecule has 0 aliphatic carbocycles. The van der Waals surface area contributed by atoms with Gasteiger partial charge in [0, 0.05) is 25.4 Å². The summed E-state index contributed by atoms with van der Waals surface area (Å²) in [6.45, 7) is 0.159. The fraction of sp³-hybridized carbons (Fsp3) is 0.176. The van der Waals surface area contributed by atoms with Crippen molar-refractivity contribution in [2.75, 3.05) is 13.6 Å². The predicted octanol–water partition coefficient (Wildman–Crippen LogP) is 3.43. The summed E-state index contributed by atoms with van der Waals surface area (Å²) in [5.41, 5.74) is 12.8. The quantitative estimate of drug-likeness (QED) is 0.631. The van der Waals surface area contributed by atoms with Crippen molar-refractivity contribution in [2.45, 2.75) is 6.04 Å². The van der Waals surface area contributed by atoms with Gasteiger partial charge in [-0.1, -0.05) is 35.3 Å². The Hall–Kier alpha value is -1.93. The van der Waals surface area contributed by atoms with Gasteiger partial charge in [-0.05, 0) is 23.8 Å². The van der Waals surface area contributed by atoms with Crippen molar-refractivity contribution in [1.29, 1.82) is 0 Å². The lowest BCUT2D eigenvalue weighted by atomic mass is 10.1. The third-order valence-electron chi connectivity index (χ3n) is 3.58. The van der Waals surface area contributed by atoms with Crippen LogP contribution in [0.25, 0.3) is 0 Å². The first-order valence-corrected chi connectivity index (χ1v) is 9.09. The highest BCUT2D eigenvalue weighted by molar-refractivity contribution is 7.18. The number of amides is 1. The Bertz CT molecular complexity index is 849. The minimum Gasteiger partial charge on any atom is -0.403 e. The molecule has 1 unspecified atom stereocenters. The van der Waals surface area contributed by atoms with E-state index >= 15 is 0 Å². The maximum atomic E-state index is 13.1. The van der Waals surface area contributed by atoms with Crippen molar-refractivity contribution in [1.82, 2.24) is 5.32 Å². The van der Waals surface area contributed by atoms with E-state index < -0.39 is 6.04 Å². The summed E-state index contributed by atoms with van der Waals surface area (Å²) in [6.07, 6.45) is 1.20. The lowest BCUT2D eigenvalue weighted by Crippen LogP contribution is -2.33. The van der Waals surface area contributed by atoms with Crippen LogP contribution in [0, 0.1) is 5.82 Å². The summed E-state index contributed by atoms with van der Waals surface area (Å²) in [7, 11) is 1.55. The van der Waals surface area contributed by atoms with Crippen molar-refractivity contribution in [2.24, 2.45) is 16.5 Å². The SMILES string of the molecule is CN=C(C(Cl)=CN)c1cc(C(=O)NC(CN)c2ccc(F)cc2)sc1Cl. The van der Waals surface area contributed by atoms with Gasteiger partial charge in [-0.15, -0.1) is 11.3 Å². The van der Waals surface area contributed by atoms with Crippen LogP contribution >= 0.6 is 34.5 Å². The van der Waals surface area contributed by atoms with Crippen LogP contribution in [-0.2, 0) is 0 Å². The van der Waals surface area contributed by atoms with E-state index in [1.807, 2.05) is 0 Å². The van der Waals surface area contributed by atoms with Gasteiger partial charge >= 0.3 is 0 Å². The lowest BCUT2D eigenvalue weighted by molar-refractivity contribution is 0.0942. The van der Waals surface area contributed by atoms with E-state index in [0.29, 0.717) is 26.1 Å². The maximum absolute atomic E-state index is 13.1. The summed E-state index contributed by atoms with van der Waals surface area (Å²) < 4.78 is 13.4. The number of nitrogens with zero attached hydrogens (tertiary/aromatic N) is 1. The Kier molecular flexibility index (Phi) is 7.16. The van der Waals surface area contributed by atoms with Gasteiger partial charge in [0.2, 0.25) is 0 Å². The monoisotopic (exact) mass is 414 g/mol. The smallest absolute Gasteiger partial charge is 0.261 e. The van der Waals surface area contributed by atoms with Gasteiger partial charge in [0.1, 0.15) is 10.2 Å². The minimum atomic E-state index is -0.459. The predicted molar refractivity (Wildman–Crippen MR) is 106 cm³/mol. The van der Waals surface area contributed by atoms with E-state index in [-0.39, 0.29) is 23.3 Å². The largest absolute Gasteiger partial charge is 0.403 e. The average molecular weight is 415 g/mol. The molecule has 1 amide bonds. The maximum Gasteiger partial charge on any atom is 0.261 e. The molecule has 9 heteroatoms. The molecular formula is C17H17Cl2FN4OS. The Morgan fingerprint density at radius 1 is 1.42 bits per heavy atom. The van der Waals surface area contributed by atoms with Crippen LogP contribution in [0.2, 0.25) is 4.34 Å². The Balaban J connectivity index is 2.24. The molecule has 5 nitrogen and oxygen atoms in total. The standard InChI is InChI=1S/C17H17Cl2FN4OS/c1-23-15(12(18)7-21)11-6-14(26-16(11)19)17(25)24-13(8-22)9-2-4-10(20)5-3-9/h2-7,13H,8,21-22H2,1H3,(H,24,25). The number of allylic oxidation sites excluding steroid dienone is 1. The van der Waals surface area contributed by atoms with E-state index in [9.17, 15) is 9.18 Å². The van der Waals surface area contributed by atoms with Crippen LogP contribution in [0.4, 0.5) is 4.39 Å². The van der Waals surface area contributed by atoms with Crippen LogP contribution in [0.5, 0.6) is 0 Å². The molecule has 0 saturated heterocycles. The first kappa shape index (κ1) is 20.4. The number of benzene rings is 1. The van der Waals surface area contributed by atoms with E-state index in [1.54, 1.807) is 25.2 Å². The first-order valence-electron chi connectivity index (χ1n) is 7.51. The number of hydrogen-bond acceptors (Lipinski definition) is 5. The number of rotatable bonds is 6. The van der Waals surface area contributed by atoms with Crippen LogP contribution < -0.4 is 16.8 Å². The van der Waals surface area contributed by atoms with E-state index in [4.69, 9.17) is 34.7 Å². The fourth-order valence-electron chi connectivity index (χ4n) is 2.28. The molecule has 0 bridgehead atoms. The number of thiophene rings is 1. The molecular weight excluding hydrogens is 398 g/mol. The molecule has 0 saturated carbocycles.